The predicted octanol–water partition coefficient (Wildman–Crippen LogP) is 1.17. The lowest BCUT2D eigenvalue weighted by Crippen LogP contribution is -2.52. The molecule has 1 aromatic rings. The molecular weight excluding hydrogens is 258 g/mol. The van der Waals surface area contributed by atoms with Gasteiger partial charge < -0.3 is 15.5 Å². The van der Waals surface area contributed by atoms with Crippen LogP contribution >= 0.6 is 0 Å². The number of carboxylic acid groups (broad SMARTS) is 1. The molecular formula is C14H19N3O3. The third kappa shape index (κ3) is 2.27. The van der Waals surface area contributed by atoms with Gasteiger partial charge in [-0.2, -0.15) is 0 Å². The van der Waals surface area contributed by atoms with Gasteiger partial charge in [0.15, 0.2) is 12.1 Å². The molecule has 6 heteroatoms. The Morgan fingerprint density at radius 3 is 2.65 bits per heavy atom. The molecule has 0 bridgehead atoms. The lowest BCUT2D eigenvalue weighted by Gasteiger charge is -2.32. The zero-order valence-corrected chi connectivity index (χ0v) is 12.0. The van der Waals surface area contributed by atoms with Gasteiger partial charge in [-0.15, -0.1) is 0 Å². The van der Waals surface area contributed by atoms with Crippen molar-refractivity contribution in [2.24, 2.45) is 10.9 Å². The topological polar surface area (TPSA) is 94.8 Å². The third-order valence-corrected chi connectivity index (χ3v) is 3.85. The number of aromatic nitrogens is 1. The zero-order valence-electron chi connectivity index (χ0n) is 12.0. The fourth-order valence-electron chi connectivity index (χ4n) is 2.09. The molecule has 2 rings (SSSR count). The first-order valence-electron chi connectivity index (χ1n) is 6.50. The molecule has 1 aromatic heterocycles. The van der Waals surface area contributed by atoms with E-state index >= 15 is 0 Å². The zero-order chi connectivity index (χ0) is 15.1. The Morgan fingerprint density at radius 1 is 1.50 bits per heavy atom. The van der Waals surface area contributed by atoms with E-state index < -0.39 is 17.7 Å². The van der Waals surface area contributed by atoms with Crippen LogP contribution in [-0.2, 0) is 0 Å². The molecule has 3 N–H and O–H groups in total. The Kier molecular flexibility index (Phi) is 3.52. The number of rotatable bonds is 3. The van der Waals surface area contributed by atoms with Crippen LogP contribution in [0.15, 0.2) is 17.3 Å². The number of aliphatic hydroxyl groups excluding tert-OH is 1. The molecule has 1 aliphatic rings. The maximum atomic E-state index is 11.3. The van der Waals surface area contributed by atoms with Gasteiger partial charge in [0, 0.05) is 6.20 Å². The number of amidine groups is 1. The van der Waals surface area contributed by atoms with Crippen LogP contribution in [0.4, 0.5) is 0 Å². The molecule has 0 radical (unpaired) electrons. The molecule has 20 heavy (non-hydrogen) atoms. The van der Waals surface area contributed by atoms with Crippen LogP contribution in [0.25, 0.3) is 0 Å². The predicted molar refractivity (Wildman–Crippen MR) is 74.9 cm³/mol. The number of hydrogen-bond donors (Lipinski definition) is 3. The van der Waals surface area contributed by atoms with Crippen LogP contribution in [0.1, 0.15) is 42.4 Å². The lowest BCUT2D eigenvalue weighted by atomic mass is 9.87. The molecule has 0 saturated heterocycles. The molecule has 2 heterocycles. The summed E-state index contributed by atoms with van der Waals surface area (Å²) in [6, 6.07) is 1.55. The standard InChI is InChI=1S/C14H19N3O3/c1-7(2)14(4)13(20)16-11(17-14)10-9(12(18)19)5-8(3)6-15-10/h5-7,13,20H,1-4H3,(H,16,17)(H,18,19)/t13-,14-/m1/s1. The molecule has 2 atom stereocenters. The van der Waals surface area contributed by atoms with Crippen LogP contribution in [-0.4, -0.2) is 38.8 Å². The second-order valence-corrected chi connectivity index (χ2v) is 5.63. The monoisotopic (exact) mass is 277 g/mol. The summed E-state index contributed by atoms with van der Waals surface area (Å²) >= 11 is 0. The molecule has 0 fully saturated rings. The van der Waals surface area contributed by atoms with Gasteiger partial charge in [0.05, 0.1) is 11.1 Å². The summed E-state index contributed by atoms with van der Waals surface area (Å²) in [6.07, 6.45) is 0.658. The number of carboxylic acids is 1. The van der Waals surface area contributed by atoms with E-state index in [-0.39, 0.29) is 17.2 Å². The summed E-state index contributed by atoms with van der Waals surface area (Å²) in [5.41, 5.74) is 0.470. The SMILES string of the molecule is Cc1cnc(C2=N[C@H](O)[C@@](C)(C(C)C)N2)c(C(=O)O)c1. The Morgan fingerprint density at radius 2 is 2.15 bits per heavy atom. The van der Waals surface area contributed by atoms with Crippen LogP contribution in [0, 0.1) is 12.8 Å². The summed E-state index contributed by atoms with van der Waals surface area (Å²) in [6.45, 7) is 7.57. The highest BCUT2D eigenvalue weighted by molar-refractivity contribution is 6.07. The first-order chi connectivity index (χ1) is 9.25. The maximum absolute atomic E-state index is 11.3. The molecule has 0 amide bonds. The number of aliphatic hydroxyl groups is 1. The number of nitrogens with one attached hydrogen (secondary N) is 1. The number of nitrogens with zero attached hydrogens (tertiary/aromatic N) is 2. The largest absolute Gasteiger partial charge is 0.478 e. The fraction of sp³-hybridized carbons (Fsp3) is 0.500. The van der Waals surface area contributed by atoms with Crippen molar-refractivity contribution in [1.82, 2.24) is 10.3 Å². The molecule has 0 spiro atoms. The van der Waals surface area contributed by atoms with Crippen LogP contribution in [0.3, 0.4) is 0 Å². The normalized spacial score (nSPS) is 25.5. The van der Waals surface area contributed by atoms with Gasteiger partial charge in [-0.3, -0.25) is 4.98 Å². The van der Waals surface area contributed by atoms with E-state index in [0.717, 1.165) is 5.56 Å². The fourth-order valence-corrected chi connectivity index (χ4v) is 2.09. The Bertz CT molecular complexity index is 583. The molecule has 6 nitrogen and oxygen atoms in total. The number of aryl methyl sites for hydroxylation is 1. The van der Waals surface area contributed by atoms with E-state index in [1.165, 1.54) is 0 Å². The van der Waals surface area contributed by atoms with Crippen molar-refractivity contribution in [1.29, 1.82) is 0 Å². The number of hydrogen-bond acceptors (Lipinski definition) is 5. The van der Waals surface area contributed by atoms with Crippen molar-refractivity contribution in [3.63, 3.8) is 0 Å². The van der Waals surface area contributed by atoms with Crippen molar-refractivity contribution in [3.05, 3.63) is 29.1 Å². The van der Waals surface area contributed by atoms with Gasteiger partial charge in [-0.05, 0) is 31.4 Å². The second kappa shape index (κ2) is 4.86. The molecule has 0 unspecified atom stereocenters. The lowest BCUT2D eigenvalue weighted by molar-refractivity contribution is 0.0696. The second-order valence-electron chi connectivity index (χ2n) is 5.63. The highest BCUT2D eigenvalue weighted by Crippen LogP contribution is 2.28. The molecule has 1 aliphatic heterocycles. The van der Waals surface area contributed by atoms with Gasteiger partial charge in [-0.1, -0.05) is 13.8 Å². The van der Waals surface area contributed by atoms with Gasteiger partial charge in [0.2, 0.25) is 0 Å². The first kappa shape index (κ1) is 14.5. The number of carbonyl (C=O) groups is 1. The third-order valence-electron chi connectivity index (χ3n) is 3.85. The summed E-state index contributed by atoms with van der Waals surface area (Å²) < 4.78 is 0. The number of pyridine rings is 1. The van der Waals surface area contributed by atoms with E-state index in [2.05, 4.69) is 15.3 Å². The van der Waals surface area contributed by atoms with Gasteiger partial charge in [0.25, 0.3) is 0 Å². The smallest absolute Gasteiger partial charge is 0.338 e. The molecule has 108 valence electrons. The van der Waals surface area contributed by atoms with Crippen molar-refractivity contribution in [2.45, 2.75) is 39.5 Å². The highest BCUT2D eigenvalue weighted by atomic mass is 16.4. The summed E-state index contributed by atoms with van der Waals surface area (Å²) in [4.78, 5) is 19.6. The van der Waals surface area contributed by atoms with Crippen molar-refractivity contribution >= 4 is 11.8 Å². The maximum Gasteiger partial charge on any atom is 0.338 e. The minimum absolute atomic E-state index is 0.0801. The van der Waals surface area contributed by atoms with E-state index in [0.29, 0.717) is 5.84 Å². The van der Waals surface area contributed by atoms with Crippen molar-refractivity contribution in [2.75, 3.05) is 0 Å². The number of aromatic carboxylic acids is 1. The molecule has 0 saturated carbocycles. The average molecular weight is 277 g/mol. The van der Waals surface area contributed by atoms with Crippen molar-refractivity contribution in [3.8, 4) is 0 Å². The first-order valence-corrected chi connectivity index (χ1v) is 6.50. The number of aliphatic imine (C=N–C) groups is 1. The van der Waals surface area contributed by atoms with Gasteiger partial charge >= 0.3 is 5.97 Å². The van der Waals surface area contributed by atoms with E-state index in [4.69, 9.17) is 0 Å². The van der Waals surface area contributed by atoms with Gasteiger partial charge in [0.1, 0.15) is 5.69 Å². The summed E-state index contributed by atoms with van der Waals surface area (Å²) in [5.74, 6) is -0.614. The average Bonchev–Trinajstić information content (AvgIpc) is 2.66. The summed E-state index contributed by atoms with van der Waals surface area (Å²) in [7, 11) is 0. The van der Waals surface area contributed by atoms with Crippen LogP contribution in [0.2, 0.25) is 0 Å². The van der Waals surface area contributed by atoms with E-state index in [9.17, 15) is 15.0 Å². The van der Waals surface area contributed by atoms with E-state index in [1.54, 1.807) is 19.2 Å². The highest BCUT2D eigenvalue weighted by Gasteiger charge is 2.42. The Balaban J connectivity index is 2.45. The Hall–Kier alpha value is -1.95. The molecule has 0 aliphatic carbocycles. The summed E-state index contributed by atoms with van der Waals surface area (Å²) in [5, 5.41) is 22.5. The molecule has 0 aromatic carbocycles. The Labute approximate surface area is 117 Å². The minimum atomic E-state index is -1.06. The van der Waals surface area contributed by atoms with Crippen molar-refractivity contribution < 1.29 is 15.0 Å². The quantitative estimate of drug-likeness (QED) is 0.771. The van der Waals surface area contributed by atoms with Crippen LogP contribution < -0.4 is 5.32 Å². The minimum Gasteiger partial charge on any atom is -0.478 e. The van der Waals surface area contributed by atoms with Gasteiger partial charge in [-0.25, -0.2) is 9.79 Å². The van der Waals surface area contributed by atoms with E-state index in [1.807, 2.05) is 20.8 Å². The van der Waals surface area contributed by atoms with Crippen LogP contribution in [0.5, 0.6) is 0 Å².